The fraction of sp³-hybridized carbons (Fsp3) is 0.154. The fourth-order valence-electron chi connectivity index (χ4n) is 4.32. The highest BCUT2D eigenvalue weighted by Crippen LogP contribution is 2.29. The van der Waals surface area contributed by atoms with Gasteiger partial charge in [0.1, 0.15) is 0 Å². The van der Waals surface area contributed by atoms with Crippen LogP contribution in [0, 0.1) is 0 Å². The van der Waals surface area contributed by atoms with Gasteiger partial charge in [-0.05, 0) is 46.2 Å². The second-order valence-electron chi connectivity index (χ2n) is 8.42. The summed E-state index contributed by atoms with van der Waals surface area (Å²) in [6.07, 6.45) is 6.58. The van der Waals surface area contributed by atoms with Gasteiger partial charge in [0.05, 0.1) is 22.8 Å². The number of H-pyrrole nitrogens is 1. The number of nitrogens with zero attached hydrogens (tertiary/aromatic N) is 6. The minimum atomic E-state index is -1.15. The van der Waals surface area contributed by atoms with Gasteiger partial charge < -0.3 is 5.11 Å². The third-order valence-electron chi connectivity index (χ3n) is 6.05. The van der Waals surface area contributed by atoms with E-state index in [0.29, 0.717) is 18.8 Å². The van der Waals surface area contributed by atoms with Gasteiger partial charge in [0.2, 0.25) is 0 Å². The van der Waals surface area contributed by atoms with Crippen LogP contribution in [-0.2, 0) is 13.0 Å². The number of para-hydroxylation sites is 1. The van der Waals surface area contributed by atoms with Crippen LogP contribution in [0.1, 0.15) is 35.0 Å². The molecule has 0 amide bonds. The number of pyridine rings is 1. The number of halogens is 1. The van der Waals surface area contributed by atoms with Gasteiger partial charge in [0.25, 0.3) is 0 Å². The van der Waals surface area contributed by atoms with Gasteiger partial charge in [-0.1, -0.05) is 55.3 Å². The number of carbonyl (C=O) groups is 1. The van der Waals surface area contributed by atoms with Gasteiger partial charge in [-0.25, -0.2) is 14.7 Å². The molecule has 0 aliphatic carbocycles. The van der Waals surface area contributed by atoms with Crippen LogP contribution in [0.4, 0.5) is 0 Å². The smallest absolute Gasteiger partial charge is 0.337 e. The molecule has 10 nitrogen and oxygen atoms in total. The predicted molar refractivity (Wildman–Crippen MR) is 138 cm³/mol. The molecule has 0 saturated carbocycles. The maximum absolute atomic E-state index is 13.5. The molecule has 186 valence electrons. The molecule has 0 fully saturated rings. The molecule has 0 radical (unpaired) electrons. The van der Waals surface area contributed by atoms with E-state index in [-0.39, 0.29) is 22.0 Å². The number of nitrogens with one attached hydrogen (secondary N) is 1. The predicted octanol–water partition coefficient (Wildman–Crippen LogP) is 4.23. The van der Waals surface area contributed by atoms with Gasteiger partial charge in [-0.15, -0.1) is 5.10 Å². The molecule has 5 rings (SSSR count). The third-order valence-corrected chi connectivity index (χ3v) is 6.36. The Labute approximate surface area is 216 Å². The van der Waals surface area contributed by atoms with Crippen molar-refractivity contribution in [3.05, 3.63) is 99.4 Å². The van der Waals surface area contributed by atoms with E-state index in [0.717, 1.165) is 34.4 Å². The highest BCUT2D eigenvalue weighted by molar-refractivity contribution is 6.33. The minimum Gasteiger partial charge on any atom is -0.478 e. The summed E-state index contributed by atoms with van der Waals surface area (Å²) in [5, 5.41) is 23.9. The molecule has 0 atom stereocenters. The molecule has 0 aliphatic heterocycles. The second kappa shape index (κ2) is 10.2. The first-order valence-electron chi connectivity index (χ1n) is 11.6. The van der Waals surface area contributed by atoms with E-state index in [1.807, 2.05) is 37.3 Å². The zero-order valence-electron chi connectivity index (χ0n) is 19.8. The van der Waals surface area contributed by atoms with E-state index in [9.17, 15) is 14.7 Å². The largest absolute Gasteiger partial charge is 0.478 e. The summed E-state index contributed by atoms with van der Waals surface area (Å²) < 4.78 is 2.99. The standard InChI is InChI=1S/C26H22ClN7O3/c1-2-4-18-15-34(23-20(25(35)36)5-3-6-22(23)27)26(37)33(18)14-16-7-9-17(10-8-16)21-13-28-12-11-19(21)24-29-31-32-30-24/h3,5-13,15H,2,4,14H2,1H3,(H,35,36)(H,29,30,31,32). The number of benzene rings is 2. The topological polar surface area (TPSA) is 132 Å². The molecule has 0 aliphatic rings. The summed E-state index contributed by atoms with van der Waals surface area (Å²) in [4.78, 5) is 29.6. The summed E-state index contributed by atoms with van der Waals surface area (Å²) in [7, 11) is 0. The number of rotatable bonds is 8. The third kappa shape index (κ3) is 4.66. The van der Waals surface area contributed by atoms with Crippen molar-refractivity contribution in [2.24, 2.45) is 0 Å². The van der Waals surface area contributed by atoms with Crippen molar-refractivity contribution in [1.29, 1.82) is 0 Å². The molecule has 0 saturated heterocycles. The molecule has 0 unspecified atom stereocenters. The highest BCUT2D eigenvalue weighted by Gasteiger charge is 2.20. The number of aromatic nitrogens is 7. The van der Waals surface area contributed by atoms with Crippen LogP contribution in [0.2, 0.25) is 5.02 Å². The van der Waals surface area contributed by atoms with Crippen molar-refractivity contribution < 1.29 is 9.90 Å². The number of tetrazole rings is 1. The van der Waals surface area contributed by atoms with Gasteiger partial charge in [-0.3, -0.25) is 14.1 Å². The van der Waals surface area contributed by atoms with Gasteiger partial charge >= 0.3 is 11.7 Å². The van der Waals surface area contributed by atoms with Crippen LogP contribution in [0.25, 0.3) is 28.2 Å². The van der Waals surface area contributed by atoms with E-state index < -0.39 is 5.97 Å². The summed E-state index contributed by atoms with van der Waals surface area (Å²) in [5.41, 5.74) is 4.08. The maximum Gasteiger partial charge on any atom is 0.337 e. The van der Waals surface area contributed by atoms with E-state index in [1.54, 1.807) is 35.3 Å². The fourth-order valence-corrected chi connectivity index (χ4v) is 4.59. The van der Waals surface area contributed by atoms with E-state index in [4.69, 9.17) is 11.6 Å². The summed E-state index contributed by atoms with van der Waals surface area (Å²) in [6, 6.07) is 14.2. The van der Waals surface area contributed by atoms with Crippen molar-refractivity contribution in [3.8, 4) is 28.2 Å². The molecule has 0 bridgehead atoms. The number of carboxylic acid groups (broad SMARTS) is 1. The zero-order chi connectivity index (χ0) is 25.9. The molecule has 3 aromatic heterocycles. The molecule has 5 aromatic rings. The van der Waals surface area contributed by atoms with Crippen molar-refractivity contribution >= 4 is 17.6 Å². The Kier molecular flexibility index (Phi) is 6.65. The Bertz CT molecular complexity index is 1620. The normalized spacial score (nSPS) is 11.1. The number of hydrogen-bond donors (Lipinski definition) is 2. The van der Waals surface area contributed by atoms with Crippen molar-refractivity contribution in [1.82, 2.24) is 34.7 Å². The Hall–Kier alpha value is -4.57. The number of imidazole rings is 1. The molecule has 0 spiro atoms. The van der Waals surface area contributed by atoms with Crippen molar-refractivity contribution in [2.75, 3.05) is 0 Å². The van der Waals surface area contributed by atoms with Crippen LogP contribution >= 0.6 is 11.6 Å². The SMILES string of the molecule is CCCc1cn(-c2c(Cl)cccc2C(=O)O)c(=O)n1Cc1ccc(-c2cnccc2-c2nnn[nH]2)cc1. The van der Waals surface area contributed by atoms with Gasteiger partial charge in [0.15, 0.2) is 5.82 Å². The first-order valence-corrected chi connectivity index (χ1v) is 12.0. The van der Waals surface area contributed by atoms with Gasteiger partial charge in [0, 0.05) is 35.4 Å². The lowest BCUT2D eigenvalue weighted by molar-refractivity contribution is 0.0697. The van der Waals surface area contributed by atoms with Gasteiger partial charge in [-0.2, -0.15) is 0 Å². The lowest BCUT2D eigenvalue weighted by Gasteiger charge is -2.10. The molecule has 11 heteroatoms. The maximum atomic E-state index is 13.5. The lowest BCUT2D eigenvalue weighted by Crippen LogP contribution is -2.26. The highest BCUT2D eigenvalue weighted by atomic mass is 35.5. The minimum absolute atomic E-state index is 0.0339. The average molecular weight is 516 g/mol. The summed E-state index contributed by atoms with van der Waals surface area (Å²) >= 11 is 6.35. The van der Waals surface area contributed by atoms with Crippen LogP contribution in [0.15, 0.2) is 71.9 Å². The molecule has 2 N–H and O–H groups in total. The molecule has 3 heterocycles. The van der Waals surface area contributed by atoms with Crippen LogP contribution in [-0.4, -0.2) is 45.8 Å². The number of aryl methyl sites for hydroxylation is 1. The summed E-state index contributed by atoms with van der Waals surface area (Å²) in [5.74, 6) is -0.612. The van der Waals surface area contributed by atoms with Crippen molar-refractivity contribution in [2.45, 2.75) is 26.3 Å². The number of aromatic amines is 1. The molecule has 2 aromatic carbocycles. The monoisotopic (exact) mass is 515 g/mol. The Morgan fingerprint density at radius 2 is 1.92 bits per heavy atom. The van der Waals surface area contributed by atoms with Crippen molar-refractivity contribution in [3.63, 3.8) is 0 Å². The average Bonchev–Trinajstić information content (AvgIpc) is 3.54. The lowest BCUT2D eigenvalue weighted by atomic mass is 10.0. The Morgan fingerprint density at radius 1 is 1.11 bits per heavy atom. The number of carboxylic acids is 1. The Morgan fingerprint density at radius 3 is 2.62 bits per heavy atom. The zero-order valence-corrected chi connectivity index (χ0v) is 20.6. The van der Waals surface area contributed by atoms with E-state index >= 15 is 0 Å². The van der Waals surface area contributed by atoms with Crippen LogP contribution in [0.5, 0.6) is 0 Å². The molecule has 37 heavy (non-hydrogen) atoms. The van der Waals surface area contributed by atoms with E-state index in [1.165, 1.54) is 10.6 Å². The quantitative estimate of drug-likeness (QED) is 0.316. The Balaban J connectivity index is 1.51. The first-order chi connectivity index (χ1) is 18.0. The first kappa shape index (κ1) is 24.1. The second-order valence-corrected chi connectivity index (χ2v) is 8.83. The molecular weight excluding hydrogens is 494 g/mol. The molecular formula is C26H22ClN7O3. The number of hydrogen-bond acceptors (Lipinski definition) is 6. The van der Waals surface area contributed by atoms with Crippen LogP contribution < -0.4 is 5.69 Å². The van der Waals surface area contributed by atoms with E-state index in [2.05, 4.69) is 25.6 Å². The van der Waals surface area contributed by atoms with Crippen LogP contribution in [0.3, 0.4) is 0 Å². The summed E-state index contributed by atoms with van der Waals surface area (Å²) in [6.45, 7) is 2.34. The number of aromatic carboxylic acids is 1.